The maximum Gasteiger partial charge on any atom is 0.136 e. The lowest BCUT2D eigenvalue weighted by Gasteiger charge is -2.18. The summed E-state index contributed by atoms with van der Waals surface area (Å²) in [6, 6.07) is 47.1. The van der Waals surface area contributed by atoms with Gasteiger partial charge < -0.3 is 4.42 Å². The maximum absolute atomic E-state index is 9.59. The smallest absolute Gasteiger partial charge is 0.136 e. The summed E-state index contributed by atoms with van der Waals surface area (Å²) in [7, 11) is 0. The lowest BCUT2D eigenvalue weighted by Crippen LogP contribution is -1.97. The van der Waals surface area contributed by atoms with Crippen LogP contribution in [0.4, 0.5) is 0 Å². The molecule has 234 valence electrons. The van der Waals surface area contributed by atoms with E-state index in [-0.39, 0.29) is 59.0 Å². The van der Waals surface area contributed by atoms with Gasteiger partial charge in [0.1, 0.15) is 11.2 Å². The third-order valence-corrected chi connectivity index (χ3v) is 9.91. The molecule has 50 heavy (non-hydrogen) atoms. The van der Waals surface area contributed by atoms with E-state index in [1.807, 2.05) is 91.0 Å². The highest BCUT2D eigenvalue weighted by molar-refractivity contribution is 6.15. The Morgan fingerprint density at radius 3 is 1.60 bits per heavy atom. The molecule has 0 bridgehead atoms. The quantitative estimate of drug-likeness (QED) is 0.170. The number of rotatable bonds is 5. The van der Waals surface area contributed by atoms with Crippen molar-refractivity contribution in [3.05, 3.63) is 193 Å². The molecular weight excluding hydrogens is 605 g/mol. The first-order valence-corrected chi connectivity index (χ1v) is 16.8. The van der Waals surface area contributed by atoms with Crippen LogP contribution in [0.25, 0.3) is 87.6 Å². The molecule has 0 aliphatic carbocycles. The Kier molecular flexibility index (Phi) is 5.34. The highest BCUT2D eigenvalue weighted by Crippen LogP contribution is 2.42. The van der Waals surface area contributed by atoms with Gasteiger partial charge in [-0.15, -0.1) is 0 Å². The first-order chi connectivity index (χ1) is 27.3. The topological polar surface area (TPSA) is 13.1 Å². The zero-order valence-electron chi connectivity index (χ0n) is 33.0. The van der Waals surface area contributed by atoms with E-state index in [2.05, 4.69) is 54.6 Å². The minimum atomic E-state index is -0.381. The van der Waals surface area contributed by atoms with Crippen molar-refractivity contribution in [3.8, 4) is 33.4 Å². The summed E-state index contributed by atoms with van der Waals surface area (Å²) in [6.45, 7) is 0. The van der Waals surface area contributed by atoms with E-state index in [0.29, 0.717) is 22.3 Å². The van der Waals surface area contributed by atoms with Gasteiger partial charge in [-0.05, 0) is 108 Å². The van der Waals surface area contributed by atoms with Crippen molar-refractivity contribution in [1.82, 2.24) is 0 Å². The molecule has 0 saturated carbocycles. The molecule has 1 heterocycles. The Hall–Kier alpha value is -6.44. The number of furan rings is 1. The van der Waals surface area contributed by atoms with Gasteiger partial charge in [0.15, 0.2) is 0 Å². The molecule has 0 fully saturated rings. The van der Waals surface area contributed by atoms with Crippen molar-refractivity contribution < 1.29 is 12.6 Å². The Morgan fingerprint density at radius 2 is 0.940 bits per heavy atom. The fourth-order valence-electron chi connectivity index (χ4n) is 7.58. The minimum Gasteiger partial charge on any atom is -0.456 e. The average Bonchev–Trinajstić information content (AvgIpc) is 3.61. The van der Waals surface area contributed by atoms with Crippen LogP contribution >= 0.6 is 0 Å². The summed E-state index contributed by atoms with van der Waals surface area (Å²) in [4.78, 5) is 0. The monoisotopic (exact) mass is 642 g/mol. The van der Waals surface area contributed by atoms with Gasteiger partial charge in [-0.2, -0.15) is 0 Å². The van der Waals surface area contributed by atoms with Gasteiger partial charge in [0.05, 0.1) is 8.22 Å². The van der Waals surface area contributed by atoms with Crippen LogP contribution in [0.15, 0.2) is 186 Å². The van der Waals surface area contributed by atoms with Crippen LogP contribution in [0, 0.1) is 0 Å². The van der Waals surface area contributed by atoms with E-state index in [1.165, 1.54) is 0 Å². The van der Waals surface area contributed by atoms with Crippen LogP contribution in [0.3, 0.4) is 0 Å². The Bertz CT molecular complexity index is 3170. The van der Waals surface area contributed by atoms with Crippen LogP contribution in [0.1, 0.15) is 19.4 Å². The molecule has 0 unspecified atom stereocenters. The highest BCUT2D eigenvalue weighted by atomic mass is 16.3. The molecule has 0 aliphatic rings. The fourth-order valence-corrected chi connectivity index (χ4v) is 7.58. The molecule has 10 rings (SSSR count). The largest absolute Gasteiger partial charge is 0.456 e. The first kappa shape index (κ1) is 23.0. The predicted molar refractivity (Wildman–Crippen MR) is 212 cm³/mol. The van der Waals surface area contributed by atoms with Gasteiger partial charge in [0.25, 0.3) is 0 Å². The molecule has 1 nitrogen and oxygen atoms in total. The summed E-state index contributed by atoms with van der Waals surface area (Å²) in [5.41, 5.74) is 7.74. The molecule has 0 atom stereocenters. The van der Waals surface area contributed by atoms with Crippen LogP contribution in [-0.4, -0.2) is 0 Å². The summed E-state index contributed by atoms with van der Waals surface area (Å²) in [5.74, 6) is 0. The lowest BCUT2D eigenvalue weighted by molar-refractivity contribution is 0.669. The Balaban J connectivity index is 1.21. The lowest BCUT2D eigenvalue weighted by atomic mass is 9.85. The molecule has 0 radical (unpaired) electrons. The SMILES string of the molecule is [2H]c1c([2H])c([2H])c2c(-c3ccc4c(c3)oc3cc(-c5ccccc5)ccc34)c([2H])c([2H])c(Cc3c4ccccc4c(-c4ccccc4)c4ccccc34)c2c1[2H]. The summed E-state index contributed by atoms with van der Waals surface area (Å²) in [6.07, 6.45) is 0.187. The van der Waals surface area contributed by atoms with Crippen LogP contribution in [0.2, 0.25) is 0 Å². The van der Waals surface area contributed by atoms with Gasteiger partial charge in [0.2, 0.25) is 0 Å². The summed E-state index contributed by atoms with van der Waals surface area (Å²) in [5, 5.41) is 6.37. The highest BCUT2D eigenvalue weighted by Gasteiger charge is 2.17. The van der Waals surface area contributed by atoms with E-state index >= 15 is 0 Å². The molecule has 9 aromatic carbocycles. The average molecular weight is 643 g/mol. The maximum atomic E-state index is 9.59. The molecule has 0 aliphatic heterocycles. The molecular formula is C49H32O. The van der Waals surface area contributed by atoms with Crippen molar-refractivity contribution in [2.24, 2.45) is 0 Å². The Labute approximate surface area is 299 Å². The Morgan fingerprint density at radius 1 is 0.400 bits per heavy atom. The van der Waals surface area contributed by atoms with Gasteiger partial charge in [-0.25, -0.2) is 0 Å². The van der Waals surface area contributed by atoms with Crippen LogP contribution < -0.4 is 0 Å². The van der Waals surface area contributed by atoms with Gasteiger partial charge >= 0.3 is 0 Å². The molecule has 0 amide bonds. The van der Waals surface area contributed by atoms with E-state index in [1.54, 1.807) is 0 Å². The number of hydrogen-bond acceptors (Lipinski definition) is 1. The molecule has 0 spiro atoms. The van der Waals surface area contributed by atoms with E-state index < -0.39 is 0 Å². The van der Waals surface area contributed by atoms with Crippen LogP contribution in [0.5, 0.6) is 0 Å². The first-order valence-electron chi connectivity index (χ1n) is 19.8. The number of fused-ring (bicyclic) bond motifs is 6. The molecule has 1 aromatic heterocycles. The molecule has 0 N–H and O–H groups in total. The zero-order valence-corrected chi connectivity index (χ0v) is 27.0. The normalized spacial score (nSPS) is 13.4. The summed E-state index contributed by atoms with van der Waals surface area (Å²) < 4.78 is 61.6. The second-order valence-corrected chi connectivity index (χ2v) is 12.7. The van der Waals surface area contributed by atoms with Crippen molar-refractivity contribution in [2.45, 2.75) is 6.42 Å². The predicted octanol–water partition coefficient (Wildman–Crippen LogP) is 13.6. The number of hydrogen-bond donors (Lipinski definition) is 0. The van der Waals surface area contributed by atoms with E-state index in [4.69, 9.17) is 7.16 Å². The van der Waals surface area contributed by atoms with E-state index in [9.17, 15) is 5.48 Å². The standard InChI is InChI=1S/C49H32O/c1-3-13-32(14-4-1)34-23-27-42-43-28-25-36(31-48(43)50-47(42)30-34)38-26-24-35(37-17-7-8-18-39(37)38)29-46-40-19-9-11-21-44(40)49(33-15-5-2-6-16-33)45-22-12-10-20-41(45)46/h1-28,30-31H,29H2/i7D,8D,17D,18D,24D,26D. The molecule has 1 heteroatoms. The van der Waals surface area contributed by atoms with Crippen molar-refractivity contribution in [3.63, 3.8) is 0 Å². The van der Waals surface area contributed by atoms with E-state index in [0.717, 1.165) is 60.1 Å². The van der Waals surface area contributed by atoms with Gasteiger partial charge in [-0.3, -0.25) is 0 Å². The summed E-state index contributed by atoms with van der Waals surface area (Å²) >= 11 is 0. The second-order valence-electron chi connectivity index (χ2n) is 12.7. The number of benzene rings is 9. The zero-order chi connectivity index (χ0) is 38.2. The molecule has 10 aromatic rings. The third kappa shape index (κ3) is 4.63. The van der Waals surface area contributed by atoms with Gasteiger partial charge in [0, 0.05) is 10.8 Å². The van der Waals surface area contributed by atoms with Crippen LogP contribution in [-0.2, 0) is 6.42 Å². The van der Waals surface area contributed by atoms with Crippen molar-refractivity contribution >= 4 is 54.3 Å². The van der Waals surface area contributed by atoms with Gasteiger partial charge in [-0.1, -0.05) is 158 Å². The second kappa shape index (κ2) is 11.6. The van der Waals surface area contributed by atoms with Crippen molar-refractivity contribution in [2.75, 3.05) is 0 Å². The fraction of sp³-hybridized carbons (Fsp3) is 0.0204. The third-order valence-electron chi connectivity index (χ3n) is 9.91. The molecule has 0 saturated heterocycles. The minimum absolute atomic E-state index is 0.0740. The van der Waals surface area contributed by atoms with Crippen molar-refractivity contribution in [1.29, 1.82) is 0 Å².